The van der Waals surface area contributed by atoms with Crippen LogP contribution in [0.5, 0.6) is 0 Å². The molecule has 0 bridgehead atoms. The van der Waals surface area contributed by atoms with E-state index in [1.54, 1.807) is 5.56 Å². The van der Waals surface area contributed by atoms with Crippen LogP contribution < -0.4 is 4.90 Å². The smallest absolute Gasteiger partial charge is 0.141 e. The average molecular weight is 447 g/mol. The number of aromatic nitrogens is 1. The van der Waals surface area contributed by atoms with Crippen molar-refractivity contribution < 1.29 is 0 Å². The highest BCUT2D eigenvalue weighted by Gasteiger charge is 2.36. The Bertz CT molecular complexity index is 1760. The largest absolute Gasteiger partial charge is 0.294 e. The van der Waals surface area contributed by atoms with Crippen molar-refractivity contribution in [1.82, 2.24) is 4.98 Å². The second-order valence-corrected chi connectivity index (χ2v) is 10.3. The van der Waals surface area contributed by atoms with Gasteiger partial charge < -0.3 is 0 Å². The number of nitrogens with zero attached hydrogens (tertiary/aromatic N) is 2. The molecular formula is C33H22N2. The summed E-state index contributed by atoms with van der Waals surface area (Å²) in [5.41, 5.74) is 20.0. The van der Waals surface area contributed by atoms with Gasteiger partial charge in [0, 0.05) is 19.0 Å². The summed E-state index contributed by atoms with van der Waals surface area (Å²) in [6, 6.07) is 29.6. The molecule has 9 rings (SSSR count). The van der Waals surface area contributed by atoms with Crippen LogP contribution >= 0.6 is 0 Å². The topological polar surface area (TPSA) is 16.1 Å². The minimum atomic E-state index is 0.957. The number of rotatable bonds is 0. The fraction of sp³-hybridized carbons (Fsp3) is 0.121. The highest BCUT2D eigenvalue weighted by Crippen LogP contribution is 2.55. The second-order valence-electron chi connectivity index (χ2n) is 10.3. The highest BCUT2D eigenvalue weighted by molar-refractivity contribution is 5.95. The van der Waals surface area contributed by atoms with Crippen LogP contribution in [0.25, 0.3) is 22.3 Å². The summed E-state index contributed by atoms with van der Waals surface area (Å²) in [4.78, 5) is 7.33. The van der Waals surface area contributed by atoms with Crippen molar-refractivity contribution in [3.8, 4) is 22.3 Å². The summed E-state index contributed by atoms with van der Waals surface area (Å²) in [7, 11) is 0. The Morgan fingerprint density at radius 3 is 2.23 bits per heavy atom. The number of fused-ring (bicyclic) bond motifs is 12. The third-order valence-electron chi connectivity index (χ3n) is 8.61. The van der Waals surface area contributed by atoms with Gasteiger partial charge >= 0.3 is 0 Å². The van der Waals surface area contributed by atoms with Crippen LogP contribution in [0.2, 0.25) is 0 Å². The predicted octanol–water partition coefficient (Wildman–Crippen LogP) is 7.50. The van der Waals surface area contributed by atoms with Gasteiger partial charge in [0.25, 0.3) is 0 Å². The predicted molar refractivity (Wildman–Crippen MR) is 141 cm³/mol. The molecule has 3 heterocycles. The number of para-hydroxylation sites is 1. The molecule has 164 valence electrons. The fourth-order valence-electron chi connectivity index (χ4n) is 7.18. The summed E-state index contributed by atoms with van der Waals surface area (Å²) in [6.07, 6.45) is 5.97. The standard InChI is InChI=1S/C33H22N2/c1-2-9-24-19(5-1)16-27-25(24)11-12-26-28(27)17-20-10-13-30-29(31(20)26)18-22-7-3-6-21-15-23-8-4-14-34-33(23)35(30)32(21)22/h1-14H,15-18H2. The normalized spacial score (nSPS) is 14.9. The molecule has 2 aliphatic heterocycles. The van der Waals surface area contributed by atoms with Gasteiger partial charge in [-0.25, -0.2) is 4.98 Å². The molecule has 35 heavy (non-hydrogen) atoms. The molecule has 0 unspecified atom stereocenters. The van der Waals surface area contributed by atoms with Crippen molar-refractivity contribution in [3.63, 3.8) is 0 Å². The summed E-state index contributed by atoms with van der Waals surface area (Å²) in [5, 5.41) is 0. The number of anilines is 3. The minimum Gasteiger partial charge on any atom is -0.294 e. The molecule has 0 spiro atoms. The lowest BCUT2D eigenvalue weighted by molar-refractivity contribution is 0.981. The molecule has 0 radical (unpaired) electrons. The van der Waals surface area contributed by atoms with E-state index in [0.29, 0.717) is 0 Å². The lowest BCUT2D eigenvalue weighted by Crippen LogP contribution is -2.25. The quantitative estimate of drug-likeness (QED) is 0.240. The lowest BCUT2D eigenvalue weighted by atomic mass is 9.84. The molecule has 2 aliphatic carbocycles. The van der Waals surface area contributed by atoms with Crippen molar-refractivity contribution >= 4 is 17.2 Å². The summed E-state index contributed by atoms with van der Waals surface area (Å²) < 4.78 is 0. The third-order valence-corrected chi connectivity index (χ3v) is 8.61. The number of hydrogen-bond donors (Lipinski definition) is 0. The summed E-state index contributed by atoms with van der Waals surface area (Å²) in [6.45, 7) is 0. The molecule has 0 N–H and O–H groups in total. The maximum atomic E-state index is 4.88. The number of pyridine rings is 1. The zero-order valence-electron chi connectivity index (χ0n) is 19.3. The average Bonchev–Trinajstić information content (AvgIpc) is 3.47. The lowest BCUT2D eigenvalue weighted by Gasteiger charge is -2.39. The number of benzene rings is 4. The van der Waals surface area contributed by atoms with E-state index in [4.69, 9.17) is 4.98 Å². The Labute approximate surface area is 204 Å². The van der Waals surface area contributed by atoms with Gasteiger partial charge in [0.2, 0.25) is 0 Å². The molecule has 4 aliphatic rings. The molecule has 2 nitrogen and oxygen atoms in total. The van der Waals surface area contributed by atoms with Gasteiger partial charge in [0.05, 0.1) is 11.4 Å². The van der Waals surface area contributed by atoms with E-state index < -0.39 is 0 Å². The third kappa shape index (κ3) is 2.23. The van der Waals surface area contributed by atoms with Crippen molar-refractivity contribution in [1.29, 1.82) is 0 Å². The van der Waals surface area contributed by atoms with Crippen molar-refractivity contribution in [2.75, 3.05) is 4.90 Å². The Balaban J connectivity index is 1.29. The highest BCUT2D eigenvalue weighted by atomic mass is 15.2. The van der Waals surface area contributed by atoms with Gasteiger partial charge in [-0.05, 0) is 91.7 Å². The fourth-order valence-corrected chi connectivity index (χ4v) is 7.18. The van der Waals surface area contributed by atoms with Crippen LogP contribution in [0.15, 0.2) is 85.1 Å². The van der Waals surface area contributed by atoms with Crippen LogP contribution in [0.1, 0.15) is 44.5 Å². The van der Waals surface area contributed by atoms with Crippen LogP contribution in [0, 0.1) is 0 Å². The van der Waals surface area contributed by atoms with Gasteiger partial charge in [-0.3, -0.25) is 4.90 Å². The first-order valence-electron chi connectivity index (χ1n) is 12.6. The molecule has 5 aromatic rings. The van der Waals surface area contributed by atoms with E-state index in [1.165, 1.54) is 72.6 Å². The molecule has 0 fully saturated rings. The van der Waals surface area contributed by atoms with Crippen LogP contribution in [0.4, 0.5) is 17.2 Å². The van der Waals surface area contributed by atoms with E-state index in [-0.39, 0.29) is 0 Å². The Morgan fingerprint density at radius 2 is 1.26 bits per heavy atom. The van der Waals surface area contributed by atoms with Gasteiger partial charge in [-0.2, -0.15) is 0 Å². The second kappa shape index (κ2) is 6.28. The van der Waals surface area contributed by atoms with Crippen LogP contribution in [-0.2, 0) is 25.7 Å². The van der Waals surface area contributed by atoms with Crippen molar-refractivity contribution in [2.24, 2.45) is 0 Å². The molecule has 0 saturated heterocycles. The zero-order valence-corrected chi connectivity index (χ0v) is 19.3. The van der Waals surface area contributed by atoms with Gasteiger partial charge in [-0.15, -0.1) is 0 Å². The maximum absolute atomic E-state index is 4.88. The van der Waals surface area contributed by atoms with E-state index in [2.05, 4.69) is 83.8 Å². The SMILES string of the molecule is c1ccc2c(c1)Cc1c-2ccc2c1Cc1ccc3c(c1-2)Cc1cccc2c1N3c1ncccc1C2. The van der Waals surface area contributed by atoms with E-state index in [1.807, 2.05) is 6.20 Å². The first-order valence-corrected chi connectivity index (χ1v) is 12.6. The molecular weight excluding hydrogens is 424 g/mol. The molecule has 4 aromatic carbocycles. The first-order chi connectivity index (χ1) is 17.3. The minimum absolute atomic E-state index is 0.957. The van der Waals surface area contributed by atoms with E-state index in [9.17, 15) is 0 Å². The van der Waals surface area contributed by atoms with Crippen LogP contribution in [-0.4, -0.2) is 4.98 Å². The molecule has 1 aromatic heterocycles. The molecule has 0 amide bonds. The maximum Gasteiger partial charge on any atom is 0.141 e. The summed E-state index contributed by atoms with van der Waals surface area (Å²) >= 11 is 0. The molecule has 2 heteroatoms. The molecule has 0 saturated carbocycles. The van der Waals surface area contributed by atoms with Gasteiger partial charge in [0.1, 0.15) is 5.82 Å². The van der Waals surface area contributed by atoms with Crippen molar-refractivity contribution in [2.45, 2.75) is 25.7 Å². The van der Waals surface area contributed by atoms with E-state index in [0.717, 1.165) is 31.5 Å². The number of hydrogen-bond acceptors (Lipinski definition) is 2. The van der Waals surface area contributed by atoms with E-state index >= 15 is 0 Å². The molecule has 0 atom stereocenters. The zero-order chi connectivity index (χ0) is 22.7. The Morgan fingerprint density at radius 1 is 0.514 bits per heavy atom. The van der Waals surface area contributed by atoms with Gasteiger partial charge in [-0.1, -0.05) is 66.7 Å². The first kappa shape index (κ1) is 18.2. The van der Waals surface area contributed by atoms with Gasteiger partial charge in [0.15, 0.2) is 0 Å². The Hall–Kier alpha value is -4.17. The summed E-state index contributed by atoms with van der Waals surface area (Å²) in [5.74, 6) is 1.09. The van der Waals surface area contributed by atoms with Crippen LogP contribution in [0.3, 0.4) is 0 Å². The van der Waals surface area contributed by atoms with Crippen molar-refractivity contribution in [3.05, 3.63) is 130 Å². The Kier molecular flexibility index (Phi) is 3.27. The monoisotopic (exact) mass is 446 g/mol.